The number of carbonyl (C=O) groups excluding carboxylic acids is 2. The summed E-state index contributed by atoms with van der Waals surface area (Å²) in [6, 6.07) is 0. The molecule has 80 valence electrons. The van der Waals surface area contributed by atoms with Crippen molar-refractivity contribution in [1.82, 2.24) is 0 Å². The molecular formula is C9H11F3O2. The molecule has 5 heteroatoms. The van der Waals surface area contributed by atoms with E-state index in [0.717, 1.165) is 0 Å². The Hall–Kier alpha value is -0.870. The van der Waals surface area contributed by atoms with Crippen LogP contribution in [0.4, 0.5) is 13.2 Å². The molecule has 0 heterocycles. The Bertz CT molecular complexity index is 278. The van der Waals surface area contributed by atoms with Crippen LogP contribution in [0.5, 0.6) is 0 Å². The van der Waals surface area contributed by atoms with Crippen molar-refractivity contribution in [2.75, 3.05) is 0 Å². The minimum atomic E-state index is -4.89. The number of alkyl halides is 3. The predicted octanol–water partition coefficient (Wildman–Crippen LogP) is 2.12. The van der Waals surface area contributed by atoms with Crippen LogP contribution in [0.25, 0.3) is 0 Å². The number of rotatable bonds is 1. The summed E-state index contributed by atoms with van der Waals surface area (Å²) in [4.78, 5) is 22.2. The number of carbonyl (C=O) groups is 2. The molecular weight excluding hydrogens is 197 g/mol. The molecule has 1 unspecified atom stereocenters. The van der Waals surface area contributed by atoms with Gasteiger partial charge in [0.05, 0.1) is 5.92 Å². The maximum atomic E-state index is 12.0. The van der Waals surface area contributed by atoms with E-state index in [2.05, 4.69) is 0 Å². The molecule has 1 atom stereocenters. The molecule has 0 aliphatic heterocycles. The second-order valence-electron chi connectivity index (χ2n) is 4.20. The van der Waals surface area contributed by atoms with Gasteiger partial charge in [0.25, 0.3) is 0 Å². The summed E-state index contributed by atoms with van der Waals surface area (Å²) >= 11 is 0. The van der Waals surface area contributed by atoms with Gasteiger partial charge in [-0.15, -0.1) is 0 Å². The molecule has 0 bridgehead atoms. The van der Waals surface area contributed by atoms with E-state index in [-0.39, 0.29) is 6.42 Å². The quantitative estimate of drug-likeness (QED) is 0.618. The van der Waals surface area contributed by atoms with Crippen molar-refractivity contribution < 1.29 is 22.8 Å². The molecule has 0 saturated heterocycles. The lowest BCUT2D eigenvalue weighted by atomic mass is 9.88. The molecule has 0 N–H and O–H groups in total. The average molecular weight is 208 g/mol. The third-order valence-electron chi connectivity index (χ3n) is 2.64. The van der Waals surface area contributed by atoms with Crippen LogP contribution in [0.1, 0.15) is 26.7 Å². The lowest BCUT2D eigenvalue weighted by Gasteiger charge is -2.15. The molecule has 1 rings (SSSR count). The number of hydrogen-bond acceptors (Lipinski definition) is 2. The first kappa shape index (κ1) is 11.2. The second kappa shape index (κ2) is 3.07. The van der Waals surface area contributed by atoms with Crippen LogP contribution in [0.2, 0.25) is 0 Å². The van der Waals surface area contributed by atoms with Crippen LogP contribution >= 0.6 is 0 Å². The number of Topliss-reactive ketones (excluding diaryl/α,β-unsaturated/α-hetero) is 2. The Balaban J connectivity index is 2.85. The molecule has 0 spiro atoms. The van der Waals surface area contributed by atoms with Gasteiger partial charge in [0.2, 0.25) is 5.78 Å². The van der Waals surface area contributed by atoms with Gasteiger partial charge >= 0.3 is 6.18 Å². The van der Waals surface area contributed by atoms with Crippen LogP contribution in [0.15, 0.2) is 0 Å². The fourth-order valence-electron chi connectivity index (χ4n) is 1.68. The molecule has 1 fully saturated rings. The monoisotopic (exact) mass is 208 g/mol. The first-order valence-corrected chi connectivity index (χ1v) is 4.31. The SMILES string of the molecule is CC1(C)CCC(C(=O)C(F)(F)F)C1=O. The van der Waals surface area contributed by atoms with Crippen molar-refractivity contribution in [3.63, 3.8) is 0 Å². The van der Waals surface area contributed by atoms with Crippen molar-refractivity contribution in [1.29, 1.82) is 0 Å². The van der Waals surface area contributed by atoms with Crippen molar-refractivity contribution >= 4 is 11.6 Å². The normalized spacial score (nSPS) is 26.6. The van der Waals surface area contributed by atoms with Crippen LogP contribution in [-0.4, -0.2) is 17.7 Å². The highest BCUT2D eigenvalue weighted by molar-refractivity contribution is 6.08. The number of ketones is 2. The lowest BCUT2D eigenvalue weighted by molar-refractivity contribution is -0.176. The molecule has 0 aromatic carbocycles. The van der Waals surface area contributed by atoms with Gasteiger partial charge in [-0.05, 0) is 12.8 Å². The summed E-state index contributed by atoms with van der Waals surface area (Å²) < 4.78 is 36.1. The smallest absolute Gasteiger partial charge is 0.298 e. The third-order valence-corrected chi connectivity index (χ3v) is 2.64. The molecule has 1 aliphatic carbocycles. The van der Waals surface area contributed by atoms with E-state index < -0.39 is 29.1 Å². The first-order valence-electron chi connectivity index (χ1n) is 4.31. The van der Waals surface area contributed by atoms with E-state index in [0.29, 0.717) is 6.42 Å². The zero-order chi connectivity index (χ0) is 11.1. The van der Waals surface area contributed by atoms with Gasteiger partial charge in [0.1, 0.15) is 5.78 Å². The van der Waals surface area contributed by atoms with Crippen LogP contribution in [-0.2, 0) is 9.59 Å². The Kier molecular flexibility index (Phi) is 2.46. The fraction of sp³-hybridized carbons (Fsp3) is 0.778. The van der Waals surface area contributed by atoms with E-state index in [4.69, 9.17) is 0 Å². The molecule has 14 heavy (non-hydrogen) atoms. The lowest BCUT2D eigenvalue weighted by Crippen LogP contribution is -2.35. The largest absolute Gasteiger partial charge is 0.450 e. The Morgan fingerprint density at radius 1 is 1.43 bits per heavy atom. The maximum Gasteiger partial charge on any atom is 0.450 e. The van der Waals surface area contributed by atoms with Crippen LogP contribution in [0.3, 0.4) is 0 Å². The minimum Gasteiger partial charge on any atom is -0.298 e. The second-order valence-corrected chi connectivity index (χ2v) is 4.20. The van der Waals surface area contributed by atoms with Crippen molar-refractivity contribution in [3.05, 3.63) is 0 Å². The van der Waals surface area contributed by atoms with Gasteiger partial charge in [0.15, 0.2) is 0 Å². The van der Waals surface area contributed by atoms with Crippen LogP contribution in [0, 0.1) is 11.3 Å². The predicted molar refractivity (Wildman–Crippen MR) is 42.6 cm³/mol. The number of halogens is 3. The number of hydrogen-bond donors (Lipinski definition) is 0. The highest BCUT2D eigenvalue weighted by Crippen LogP contribution is 2.40. The maximum absolute atomic E-state index is 12.0. The van der Waals surface area contributed by atoms with E-state index in [9.17, 15) is 22.8 Å². The van der Waals surface area contributed by atoms with Gasteiger partial charge in [0, 0.05) is 5.41 Å². The summed E-state index contributed by atoms with van der Waals surface area (Å²) in [5, 5.41) is 0. The van der Waals surface area contributed by atoms with E-state index in [1.807, 2.05) is 0 Å². The van der Waals surface area contributed by atoms with Crippen molar-refractivity contribution in [3.8, 4) is 0 Å². The molecule has 0 aromatic rings. The van der Waals surface area contributed by atoms with Crippen LogP contribution < -0.4 is 0 Å². The standard InChI is InChI=1S/C9H11F3O2/c1-8(2)4-3-5(6(8)13)7(14)9(10,11)12/h5H,3-4H2,1-2H3. The fourth-order valence-corrected chi connectivity index (χ4v) is 1.68. The van der Waals surface area contributed by atoms with Gasteiger partial charge in [-0.2, -0.15) is 13.2 Å². The third kappa shape index (κ3) is 1.81. The minimum absolute atomic E-state index is 0.0180. The molecule has 1 saturated carbocycles. The van der Waals surface area contributed by atoms with Gasteiger partial charge in [-0.1, -0.05) is 13.8 Å². The summed E-state index contributed by atoms with van der Waals surface area (Å²) in [6.07, 6.45) is -4.52. The molecule has 0 aromatic heterocycles. The summed E-state index contributed by atoms with van der Waals surface area (Å²) in [5.74, 6) is -3.95. The summed E-state index contributed by atoms with van der Waals surface area (Å²) in [7, 11) is 0. The average Bonchev–Trinajstić information content (AvgIpc) is 2.25. The highest BCUT2D eigenvalue weighted by atomic mass is 19.4. The molecule has 0 amide bonds. The highest BCUT2D eigenvalue weighted by Gasteiger charge is 2.52. The van der Waals surface area contributed by atoms with Crippen molar-refractivity contribution in [2.24, 2.45) is 11.3 Å². The Morgan fingerprint density at radius 2 is 1.93 bits per heavy atom. The van der Waals surface area contributed by atoms with E-state index in [1.165, 1.54) is 0 Å². The molecule has 2 nitrogen and oxygen atoms in total. The Morgan fingerprint density at radius 3 is 2.21 bits per heavy atom. The Labute approximate surface area is 79.5 Å². The zero-order valence-corrected chi connectivity index (χ0v) is 7.94. The first-order chi connectivity index (χ1) is 6.16. The van der Waals surface area contributed by atoms with E-state index >= 15 is 0 Å². The van der Waals surface area contributed by atoms with Crippen molar-refractivity contribution in [2.45, 2.75) is 32.9 Å². The van der Waals surface area contributed by atoms with Gasteiger partial charge < -0.3 is 0 Å². The molecule has 0 radical (unpaired) electrons. The topological polar surface area (TPSA) is 34.1 Å². The van der Waals surface area contributed by atoms with Gasteiger partial charge in [-0.3, -0.25) is 9.59 Å². The summed E-state index contributed by atoms with van der Waals surface area (Å²) in [5.41, 5.74) is -0.786. The van der Waals surface area contributed by atoms with Gasteiger partial charge in [-0.25, -0.2) is 0 Å². The summed E-state index contributed by atoms with van der Waals surface area (Å²) in [6.45, 7) is 3.14. The zero-order valence-electron chi connectivity index (χ0n) is 7.94. The van der Waals surface area contributed by atoms with E-state index in [1.54, 1.807) is 13.8 Å². The molecule has 1 aliphatic rings.